The third kappa shape index (κ3) is 5.84. The number of hydrogen-bond donors (Lipinski definition) is 1. The molecule has 0 bridgehead atoms. The van der Waals surface area contributed by atoms with Crippen LogP contribution in [0.25, 0.3) is 0 Å². The lowest BCUT2D eigenvalue weighted by Gasteiger charge is -2.34. The Morgan fingerprint density at radius 3 is 2.63 bits per heavy atom. The number of nitrogens with one attached hydrogen (secondary N) is 1. The fourth-order valence-corrected chi connectivity index (χ4v) is 4.90. The molecule has 1 atom stereocenters. The molecule has 35 heavy (non-hydrogen) atoms. The average Bonchev–Trinajstić information content (AvgIpc) is 3.43. The van der Waals surface area contributed by atoms with Gasteiger partial charge >= 0.3 is 0 Å². The number of amides is 1. The van der Waals surface area contributed by atoms with Gasteiger partial charge in [-0.2, -0.15) is 5.26 Å². The highest BCUT2D eigenvalue weighted by atomic mass is 19.1. The van der Waals surface area contributed by atoms with Gasteiger partial charge in [-0.05, 0) is 49.9 Å². The Balaban J connectivity index is 1.33. The number of ether oxygens (including phenoxy) is 2. The van der Waals surface area contributed by atoms with Crippen molar-refractivity contribution in [3.05, 3.63) is 46.4 Å². The SMILES string of the molecule is COc1ccc(CN2CCN(CC(=O)Nc3c(C#N)c(C)c(C)n3C[C@H]3CCCO3)CC2)cc1F. The van der Waals surface area contributed by atoms with Crippen LogP contribution >= 0.6 is 0 Å². The van der Waals surface area contributed by atoms with E-state index in [9.17, 15) is 14.4 Å². The summed E-state index contributed by atoms with van der Waals surface area (Å²) in [5.41, 5.74) is 3.29. The largest absolute Gasteiger partial charge is 0.494 e. The molecule has 1 amide bonds. The molecule has 0 spiro atoms. The molecule has 0 radical (unpaired) electrons. The number of carbonyl (C=O) groups excluding carboxylic acids is 1. The van der Waals surface area contributed by atoms with E-state index in [0.29, 0.717) is 24.5 Å². The van der Waals surface area contributed by atoms with Crippen LogP contribution in [0.4, 0.5) is 10.2 Å². The molecule has 2 aliphatic heterocycles. The molecule has 0 unspecified atom stereocenters. The highest BCUT2D eigenvalue weighted by molar-refractivity contribution is 5.93. The Kier molecular flexibility index (Phi) is 8.06. The third-order valence-corrected chi connectivity index (χ3v) is 7.06. The van der Waals surface area contributed by atoms with Gasteiger partial charge in [-0.25, -0.2) is 4.39 Å². The van der Waals surface area contributed by atoms with Crippen LogP contribution in [0.15, 0.2) is 18.2 Å². The van der Waals surface area contributed by atoms with Gasteiger partial charge in [0.2, 0.25) is 5.91 Å². The van der Waals surface area contributed by atoms with E-state index in [4.69, 9.17) is 9.47 Å². The number of aromatic nitrogens is 1. The number of carbonyl (C=O) groups is 1. The van der Waals surface area contributed by atoms with Gasteiger partial charge in [0.15, 0.2) is 11.6 Å². The van der Waals surface area contributed by atoms with Crippen molar-refractivity contribution in [3.8, 4) is 11.8 Å². The minimum atomic E-state index is -0.355. The first-order valence-electron chi connectivity index (χ1n) is 12.2. The summed E-state index contributed by atoms with van der Waals surface area (Å²) in [6, 6.07) is 7.31. The fourth-order valence-electron chi connectivity index (χ4n) is 4.90. The maximum atomic E-state index is 14.0. The number of piperazine rings is 1. The molecule has 2 saturated heterocycles. The molecule has 188 valence electrons. The van der Waals surface area contributed by atoms with Gasteiger partial charge in [-0.1, -0.05) is 6.07 Å². The van der Waals surface area contributed by atoms with Crippen molar-refractivity contribution in [3.63, 3.8) is 0 Å². The van der Waals surface area contributed by atoms with Crippen LogP contribution < -0.4 is 10.1 Å². The van der Waals surface area contributed by atoms with E-state index >= 15 is 0 Å². The predicted octanol–water partition coefficient (Wildman–Crippen LogP) is 3.06. The molecule has 2 aliphatic rings. The second kappa shape index (κ2) is 11.2. The number of anilines is 1. The van der Waals surface area contributed by atoms with Gasteiger partial charge in [-0.3, -0.25) is 14.6 Å². The Morgan fingerprint density at radius 1 is 1.26 bits per heavy atom. The van der Waals surface area contributed by atoms with Crippen LogP contribution in [0.1, 0.15) is 35.2 Å². The standard InChI is InChI=1S/C26H34FN5O3/c1-18-19(2)32(16-21-5-4-12-35-21)26(22(18)14-28)29-25(33)17-31-10-8-30(9-11-31)15-20-6-7-24(34-3)23(27)13-20/h6-7,13,21H,4-5,8-12,15-17H2,1-3H3,(H,29,33)/t21-/m1/s1. The second-order valence-corrected chi connectivity index (χ2v) is 9.36. The molecule has 8 nitrogen and oxygen atoms in total. The zero-order valence-corrected chi connectivity index (χ0v) is 20.8. The molecule has 2 aromatic rings. The zero-order valence-electron chi connectivity index (χ0n) is 20.8. The summed E-state index contributed by atoms with van der Waals surface area (Å²) in [6.45, 7) is 9.28. The van der Waals surface area contributed by atoms with Gasteiger partial charge in [0.25, 0.3) is 0 Å². The van der Waals surface area contributed by atoms with Crippen molar-refractivity contribution >= 4 is 11.7 Å². The summed E-state index contributed by atoms with van der Waals surface area (Å²) in [7, 11) is 1.46. The highest BCUT2D eigenvalue weighted by Crippen LogP contribution is 2.28. The molecule has 1 aromatic carbocycles. The highest BCUT2D eigenvalue weighted by Gasteiger charge is 2.25. The van der Waals surface area contributed by atoms with E-state index in [1.54, 1.807) is 6.07 Å². The van der Waals surface area contributed by atoms with Crippen molar-refractivity contribution in [2.75, 3.05) is 51.8 Å². The van der Waals surface area contributed by atoms with E-state index in [1.807, 2.05) is 24.5 Å². The lowest BCUT2D eigenvalue weighted by Crippen LogP contribution is -2.48. The summed E-state index contributed by atoms with van der Waals surface area (Å²) in [4.78, 5) is 17.3. The number of nitrogens with zero attached hydrogens (tertiary/aromatic N) is 4. The van der Waals surface area contributed by atoms with Crippen molar-refractivity contribution < 1.29 is 18.7 Å². The molecule has 4 rings (SSSR count). The fraction of sp³-hybridized carbons (Fsp3) is 0.538. The first-order valence-corrected chi connectivity index (χ1v) is 12.2. The maximum absolute atomic E-state index is 14.0. The van der Waals surface area contributed by atoms with Crippen molar-refractivity contribution in [1.82, 2.24) is 14.4 Å². The topological polar surface area (TPSA) is 82.8 Å². The van der Waals surface area contributed by atoms with E-state index in [1.165, 1.54) is 13.2 Å². The average molecular weight is 484 g/mol. The van der Waals surface area contributed by atoms with Crippen molar-refractivity contribution in [2.45, 2.75) is 45.9 Å². The lowest BCUT2D eigenvalue weighted by atomic mass is 10.1. The smallest absolute Gasteiger partial charge is 0.239 e. The van der Waals surface area contributed by atoms with Crippen LogP contribution in [-0.2, 0) is 22.6 Å². The number of nitriles is 1. The van der Waals surface area contributed by atoms with Crippen LogP contribution in [0.2, 0.25) is 0 Å². The molecular formula is C26H34FN5O3. The summed E-state index contributed by atoms with van der Waals surface area (Å²) in [6.07, 6.45) is 2.13. The lowest BCUT2D eigenvalue weighted by molar-refractivity contribution is -0.117. The number of halogens is 1. The number of hydrogen-bond acceptors (Lipinski definition) is 6. The summed E-state index contributed by atoms with van der Waals surface area (Å²) < 4.78 is 26.8. The second-order valence-electron chi connectivity index (χ2n) is 9.36. The third-order valence-electron chi connectivity index (χ3n) is 7.06. The monoisotopic (exact) mass is 483 g/mol. The van der Waals surface area contributed by atoms with Gasteiger partial charge < -0.3 is 19.4 Å². The molecule has 2 fully saturated rings. The van der Waals surface area contributed by atoms with Gasteiger partial charge in [0, 0.05) is 45.0 Å². The van der Waals surface area contributed by atoms with Gasteiger partial charge in [-0.15, -0.1) is 0 Å². The Bertz CT molecular complexity index is 1100. The Morgan fingerprint density at radius 2 is 2.00 bits per heavy atom. The Labute approximate surface area is 206 Å². The quantitative estimate of drug-likeness (QED) is 0.622. The molecule has 9 heteroatoms. The van der Waals surface area contributed by atoms with Gasteiger partial charge in [0.05, 0.1) is 31.9 Å². The van der Waals surface area contributed by atoms with Gasteiger partial charge in [0.1, 0.15) is 11.9 Å². The zero-order chi connectivity index (χ0) is 24.9. The number of benzene rings is 1. The van der Waals surface area contributed by atoms with E-state index in [2.05, 4.69) is 21.2 Å². The van der Waals surface area contributed by atoms with E-state index in [-0.39, 0.29) is 30.1 Å². The minimum Gasteiger partial charge on any atom is -0.494 e. The summed E-state index contributed by atoms with van der Waals surface area (Å²) in [5.74, 6) is 0.338. The Hall–Kier alpha value is -2.93. The van der Waals surface area contributed by atoms with Crippen molar-refractivity contribution in [1.29, 1.82) is 5.26 Å². The van der Waals surface area contributed by atoms with E-state index < -0.39 is 0 Å². The summed E-state index contributed by atoms with van der Waals surface area (Å²) in [5, 5.41) is 12.8. The first kappa shape index (κ1) is 25.2. The molecule has 0 aliphatic carbocycles. The van der Waals surface area contributed by atoms with E-state index in [0.717, 1.165) is 62.4 Å². The van der Waals surface area contributed by atoms with Crippen LogP contribution in [0.5, 0.6) is 5.75 Å². The normalized spacial score (nSPS) is 19.0. The van der Waals surface area contributed by atoms with Crippen LogP contribution in [0.3, 0.4) is 0 Å². The number of methoxy groups -OCH3 is 1. The molecule has 0 saturated carbocycles. The first-order chi connectivity index (χ1) is 16.9. The maximum Gasteiger partial charge on any atom is 0.239 e. The summed E-state index contributed by atoms with van der Waals surface area (Å²) >= 11 is 0. The number of rotatable bonds is 8. The molecule has 1 aromatic heterocycles. The van der Waals surface area contributed by atoms with Crippen LogP contribution in [-0.4, -0.2) is 72.8 Å². The van der Waals surface area contributed by atoms with Crippen molar-refractivity contribution in [2.24, 2.45) is 0 Å². The molecule has 3 heterocycles. The molecule has 1 N–H and O–H groups in total. The van der Waals surface area contributed by atoms with Crippen LogP contribution in [0, 0.1) is 31.0 Å². The minimum absolute atomic E-state index is 0.106. The molecular weight excluding hydrogens is 449 g/mol. The predicted molar refractivity (Wildman–Crippen MR) is 131 cm³/mol.